The summed E-state index contributed by atoms with van der Waals surface area (Å²) in [5.41, 5.74) is -1.39. The van der Waals surface area contributed by atoms with Crippen LogP contribution >= 0.6 is 0 Å². The zero-order valence-electron chi connectivity index (χ0n) is 7.67. The normalized spacial score (nSPS) is 10.9. The summed E-state index contributed by atoms with van der Waals surface area (Å²) in [4.78, 5) is 6.68. The van der Waals surface area contributed by atoms with Gasteiger partial charge in [0.25, 0.3) is 0 Å². The Labute approximate surface area is 83.3 Å². The third-order valence-corrected chi connectivity index (χ3v) is 1.56. The van der Waals surface area contributed by atoms with Crippen LogP contribution in [-0.2, 0) is 12.6 Å². The van der Waals surface area contributed by atoms with Gasteiger partial charge in [-0.2, -0.15) is 23.4 Å². The second-order valence-corrected chi connectivity index (χ2v) is 2.56. The molecule has 1 heterocycles. The van der Waals surface area contributed by atoms with Gasteiger partial charge >= 0.3 is 12.2 Å². The molecule has 0 atom stereocenters. The van der Waals surface area contributed by atoms with E-state index in [-0.39, 0.29) is 11.6 Å². The molecular weight excluding hydrogens is 211 g/mol. The maximum Gasteiger partial charge on any atom is 0.433 e. The van der Waals surface area contributed by atoms with Crippen LogP contribution in [0.4, 0.5) is 13.2 Å². The molecule has 0 saturated heterocycles. The molecular formula is C8H6F3N3O. The number of halogens is 3. The van der Waals surface area contributed by atoms with E-state index in [0.717, 1.165) is 6.20 Å². The molecule has 0 bridgehead atoms. The first-order chi connectivity index (χ1) is 6.99. The smallest absolute Gasteiger partial charge is 0.433 e. The Morgan fingerprint density at radius 1 is 1.53 bits per heavy atom. The van der Waals surface area contributed by atoms with E-state index in [1.165, 1.54) is 7.11 Å². The first-order valence-electron chi connectivity index (χ1n) is 3.83. The molecule has 15 heavy (non-hydrogen) atoms. The van der Waals surface area contributed by atoms with E-state index in [4.69, 9.17) is 5.26 Å². The Bertz CT molecular complexity index is 397. The van der Waals surface area contributed by atoms with Crippen molar-refractivity contribution in [2.24, 2.45) is 0 Å². The zero-order valence-corrected chi connectivity index (χ0v) is 7.67. The SMILES string of the molecule is COc1ncc(CC#N)c(C(F)(F)F)n1. The lowest BCUT2D eigenvalue weighted by atomic mass is 10.2. The third-order valence-electron chi connectivity index (χ3n) is 1.56. The quantitative estimate of drug-likeness (QED) is 0.754. The monoisotopic (exact) mass is 217 g/mol. The summed E-state index contributed by atoms with van der Waals surface area (Å²) in [5, 5.41) is 8.33. The summed E-state index contributed by atoms with van der Waals surface area (Å²) < 4.78 is 41.8. The number of nitrogens with zero attached hydrogens (tertiary/aromatic N) is 3. The molecule has 0 aliphatic heterocycles. The highest BCUT2D eigenvalue weighted by molar-refractivity contribution is 5.24. The maximum atomic E-state index is 12.4. The van der Waals surface area contributed by atoms with Crippen molar-refractivity contribution in [3.8, 4) is 12.1 Å². The molecule has 0 radical (unpaired) electrons. The predicted octanol–water partition coefficient (Wildman–Crippen LogP) is 1.57. The van der Waals surface area contributed by atoms with Crippen LogP contribution in [0.3, 0.4) is 0 Å². The van der Waals surface area contributed by atoms with Gasteiger partial charge in [-0.25, -0.2) is 4.98 Å². The molecule has 4 nitrogen and oxygen atoms in total. The van der Waals surface area contributed by atoms with Gasteiger partial charge in [-0.3, -0.25) is 0 Å². The Morgan fingerprint density at radius 3 is 2.67 bits per heavy atom. The van der Waals surface area contributed by atoms with Gasteiger partial charge in [0.1, 0.15) is 0 Å². The Balaban J connectivity index is 3.24. The summed E-state index contributed by atoms with van der Waals surface area (Å²) in [7, 11) is 1.17. The van der Waals surface area contributed by atoms with E-state index in [9.17, 15) is 13.2 Å². The van der Waals surface area contributed by atoms with Gasteiger partial charge in [-0.05, 0) is 0 Å². The lowest BCUT2D eigenvalue weighted by molar-refractivity contribution is -0.142. The molecule has 0 aromatic carbocycles. The topological polar surface area (TPSA) is 58.8 Å². The minimum Gasteiger partial charge on any atom is -0.467 e. The number of rotatable bonds is 2. The summed E-state index contributed by atoms with van der Waals surface area (Å²) in [5.74, 6) is 0. The van der Waals surface area contributed by atoms with Gasteiger partial charge in [0.05, 0.1) is 19.6 Å². The van der Waals surface area contributed by atoms with Crippen molar-refractivity contribution >= 4 is 0 Å². The van der Waals surface area contributed by atoms with Crippen molar-refractivity contribution in [2.75, 3.05) is 7.11 Å². The van der Waals surface area contributed by atoms with Crippen LogP contribution in [-0.4, -0.2) is 17.1 Å². The minimum atomic E-state index is -4.61. The number of alkyl halides is 3. The van der Waals surface area contributed by atoms with Crippen LogP contribution in [0, 0.1) is 11.3 Å². The molecule has 7 heteroatoms. The average molecular weight is 217 g/mol. The van der Waals surface area contributed by atoms with E-state index >= 15 is 0 Å². The molecule has 0 saturated carbocycles. The third kappa shape index (κ3) is 2.56. The molecule has 0 amide bonds. The fourth-order valence-electron chi connectivity index (χ4n) is 0.949. The molecule has 0 aliphatic carbocycles. The number of hydrogen-bond donors (Lipinski definition) is 0. The van der Waals surface area contributed by atoms with E-state index in [0.29, 0.717) is 0 Å². The van der Waals surface area contributed by atoms with Crippen LogP contribution in [0.25, 0.3) is 0 Å². The van der Waals surface area contributed by atoms with E-state index in [1.54, 1.807) is 6.07 Å². The number of ether oxygens (including phenoxy) is 1. The van der Waals surface area contributed by atoms with Crippen LogP contribution in [0.1, 0.15) is 11.3 Å². The molecule has 0 unspecified atom stereocenters. The molecule has 0 N–H and O–H groups in total. The first kappa shape index (κ1) is 11.2. The van der Waals surface area contributed by atoms with Crippen molar-refractivity contribution in [3.63, 3.8) is 0 Å². The molecule has 0 aliphatic rings. The van der Waals surface area contributed by atoms with Crippen molar-refractivity contribution in [1.29, 1.82) is 5.26 Å². The number of nitriles is 1. The zero-order chi connectivity index (χ0) is 11.5. The maximum absolute atomic E-state index is 12.4. The van der Waals surface area contributed by atoms with Crippen molar-refractivity contribution in [1.82, 2.24) is 9.97 Å². The van der Waals surface area contributed by atoms with Crippen LogP contribution < -0.4 is 4.74 Å². The lowest BCUT2D eigenvalue weighted by Gasteiger charge is -2.09. The average Bonchev–Trinajstić information content (AvgIpc) is 2.17. The fourth-order valence-corrected chi connectivity index (χ4v) is 0.949. The highest BCUT2D eigenvalue weighted by atomic mass is 19.4. The molecule has 80 valence electrons. The highest BCUT2D eigenvalue weighted by Gasteiger charge is 2.36. The van der Waals surface area contributed by atoms with Crippen molar-refractivity contribution in [3.05, 3.63) is 17.5 Å². The summed E-state index contributed by atoms with van der Waals surface area (Å²) >= 11 is 0. The number of aromatic nitrogens is 2. The standard InChI is InChI=1S/C8H6F3N3O/c1-15-7-13-4-5(2-3-12)6(14-7)8(9,10)11/h4H,2H2,1H3. The van der Waals surface area contributed by atoms with E-state index in [1.807, 2.05) is 0 Å². The van der Waals surface area contributed by atoms with E-state index < -0.39 is 18.3 Å². The van der Waals surface area contributed by atoms with Crippen LogP contribution in [0.5, 0.6) is 6.01 Å². The van der Waals surface area contributed by atoms with Crippen molar-refractivity contribution in [2.45, 2.75) is 12.6 Å². The van der Waals surface area contributed by atoms with Gasteiger partial charge in [0, 0.05) is 11.8 Å². The van der Waals surface area contributed by atoms with Gasteiger partial charge in [0.2, 0.25) is 0 Å². The Morgan fingerprint density at radius 2 is 2.20 bits per heavy atom. The Kier molecular flexibility index (Phi) is 3.09. The lowest BCUT2D eigenvalue weighted by Crippen LogP contribution is -2.13. The molecule has 0 spiro atoms. The summed E-state index contributed by atoms with van der Waals surface area (Å²) in [6.07, 6.45) is -4.06. The molecule has 1 aromatic rings. The van der Waals surface area contributed by atoms with Crippen LogP contribution in [0.2, 0.25) is 0 Å². The van der Waals surface area contributed by atoms with Gasteiger partial charge in [0.15, 0.2) is 5.69 Å². The Hall–Kier alpha value is -1.84. The second kappa shape index (κ2) is 4.13. The predicted molar refractivity (Wildman–Crippen MR) is 42.9 cm³/mol. The largest absolute Gasteiger partial charge is 0.467 e. The summed E-state index contributed by atoms with van der Waals surface area (Å²) in [6.45, 7) is 0. The number of methoxy groups -OCH3 is 1. The second-order valence-electron chi connectivity index (χ2n) is 2.56. The molecule has 0 fully saturated rings. The highest BCUT2D eigenvalue weighted by Crippen LogP contribution is 2.31. The van der Waals surface area contributed by atoms with Gasteiger partial charge in [-0.1, -0.05) is 0 Å². The van der Waals surface area contributed by atoms with Gasteiger partial charge < -0.3 is 4.74 Å². The van der Waals surface area contributed by atoms with Crippen LogP contribution in [0.15, 0.2) is 6.20 Å². The summed E-state index contributed by atoms with van der Waals surface area (Å²) in [6, 6.07) is 1.24. The molecule has 1 rings (SSSR count). The number of hydrogen-bond acceptors (Lipinski definition) is 4. The van der Waals surface area contributed by atoms with Crippen molar-refractivity contribution < 1.29 is 17.9 Å². The van der Waals surface area contributed by atoms with Gasteiger partial charge in [-0.15, -0.1) is 0 Å². The fraction of sp³-hybridized carbons (Fsp3) is 0.375. The molecule has 1 aromatic heterocycles. The first-order valence-corrected chi connectivity index (χ1v) is 3.83. The van der Waals surface area contributed by atoms with E-state index in [2.05, 4.69) is 14.7 Å². The minimum absolute atomic E-state index is 0.259.